The van der Waals surface area contributed by atoms with Crippen LogP contribution in [-0.2, 0) is 14.4 Å². The van der Waals surface area contributed by atoms with E-state index in [0.717, 1.165) is 11.3 Å². The molecule has 0 radical (unpaired) electrons. The summed E-state index contributed by atoms with van der Waals surface area (Å²) in [5, 5.41) is 6.53. The van der Waals surface area contributed by atoms with Gasteiger partial charge in [-0.25, -0.2) is 0 Å². The third kappa shape index (κ3) is 4.16. The number of hydrogen-bond donors (Lipinski definition) is 3. The number of nitrogens with zero attached hydrogens (tertiary/aromatic N) is 2. The van der Waals surface area contributed by atoms with Gasteiger partial charge in [0.15, 0.2) is 0 Å². The van der Waals surface area contributed by atoms with Crippen molar-refractivity contribution < 1.29 is 19.2 Å². The summed E-state index contributed by atoms with van der Waals surface area (Å²) < 4.78 is 0. The lowest BCUT2D eigenvalue weighted by Gasteiger charge is -2.40. The van der Waals surface area contributed by atoms with Crippen LogP contribution in [0.4, 0.5) is 5.69 Å². The number of hydrogen-bond acceptors (Lipinski definition) is 5. The molecule has 2 fully saturated rings. The molecule has 1 spiro atoms. The molecule has 1 aromatic carbocycles. The van der Waals surface area contributed by atoms with Crippen LogP contribution in [0.3, 0.4) is 0 Å². The van der Waals surface area contributed by atoms with E-state index in [1.54, 1.807) is 22.8 Å². The molecule has 4 amide bonds. The Morgan fingerprint density at radius 3 is 2.53 bits per heavy atom. The highest BCUT2D eigenvalue weighted by atomic mass is 16.2. The van der Waals surface area contributed by atoms with E-state index in [2.05, 4.69) is 10.6 Å². The highest BCUT2D eigenvalue weighted by molar-refractivity contribution is 6.02. The van der Waals surface area contributed by atoms with Crippen molar-refractivity contribution >= 4 is 29.3 Å². The number of nitrogens with two attached hydrogens (primary N) is 1. The number of carbonyl (C=O) groups excluding carboxylic acids is 4. The minimum atomic E-state index is -0.717. The summed E-state index contributed by atoms with van der Waals surface area (Å²) in [6.07, 6.45) is 2.29. The molecule has 2 saturated heterocycles. The minimum absolute atomic E-state index is 0.0964. The Bertz CT molecular complexity index is 956. The maximum atomic E-state index is 13.1. The molecule has 0 saturated carbocycles. The number of fused-ring (bicyclic) bond motifs is 1. The van der Waals surface area contributed by atoms with Gasteiger partial charge in [-0.1, -0.05) is 6.07 Å². The van der Waals surface area contributed by atoms with Crippen LogP contribution >= 0.6 is 0 Å². The number of aryl methyl sites for hydroxylation is 1. The molecule has 172 valence electrons. The predicted octanol–water partition coefficient (Wildman–Crippen LogP) is 0.972. The highest BCUT2D eigenvalue weighted by Gasteiger charge is 2.42. The third-order valence-electron chi connectivity index (χ3n) is 7.05. The van der Waals surface area contributed by atoms with Crippen LogP contribution < -0.4 is 16.4 Å². The van der Waals surface area contributed by atoms with Gasteiger partial charge in [-0.05, 0) is 50.8 Å². The van der Waals surface area contributed by atoms with Crippen molar-refractivity contribution in [3.63, 3.8) is 0 Å². The molecule has 0 bridgehead atoms. The number of amides is 4. The molecule has 2 atom stereocenters. The van der Waals surface area contributed by atoms with Crippen molar-refractivity contribution in [3.8, 4) is 0 Å². The van der Waals surface area contributed by atoms with Crippen molar-refractivity contribution in [3.05, 3.63) is 29.3 Å². The van der Waals surface area contributed by atoms with Gasteiger partial charge in [-0.15, -0.1) is 0 Å². The molecular formula is C23H31N5O4. The van der Waals surface area contributed by atoms with E-state index in [1.807, 2.05) is 19.1 Å². The average molecular weight is 442 g/mol. The van der Waals surface area contributed by atoms with Gasteiger partial charge in [0.25, 0.3) is 5.91 Å². The number of nitrogens with one attached hydrogen (secondary N) is 2. The Morgan fingerprint density at radius 2 is 1.84 bits per heavy atom. The average Bonchev–Trinajstić information content (AvgIpc) is 2.91. The van der Waals surface area contributed by atoms with Crippen LogP contribution in [0.1, 0.15) is 54.9 Å². The molecule has 32 heavy (non-hydrogen) atoms. The molecule has 4 N–H and O–H groups in total. The topological polar surface area (TPSA) is 125 Å². The summed E-state index contributed by atoms with van der Waals surface area (Å²) in [7, 11) is 0. The molecule has 9 heteroatoms. The van der Waals surface area contributed by atoms with Gasteiger partial charge in [-0.3, -0.25) is 19.2 Å². The second-order valence-corrected chi connectivity index (χ2v) is 9.23. The largest absolute Gasteiger partial charge is 0.369 e. The Morgan fingerprint density at radius 1 is 1.12 bits per heavy atom. The molecular weight excluding hydrogens is 410 g/mol. The first-order valence-corrected chi connectivity index (χ1v) is 11.3. The number of likely N-dealkylation sites (tertiary alicyclic amines) is 2. The van der Waals surface area contributed by atoms with Gasteiger partial charge in [0.2, 0.25) is 17.7 Å². The lowest BCUT2D eigenvalue weighted by atomic mass is 9.94. The Kier molecular flexibility index (Phi) is 5.83. The highest BCUT2D eigenvalue weighted by Crippen LogP contribution is 2.33. The first kappa shape index (κ1) is 22.1. The van der Waals surface area contributed by atoms with Crippen molar-refractivity contribution in [1.82, 2.24) is 15.1 Å². The predicted molar refractivity (Wildman–Crippen MR) is 119 cm³/mol. The second kappa shape index (κ2) is 8.44. The van der Waals surface area contributed by atoms with E-state index in [0.29, 0.717) is 50.9 Å². The van der Waals surface area contributed by atoms with E-state index in [4.69, 9.17) is 5.73 Å². The number of piperidine rings is 1. The molecule has 3 heterocycles. The first-order valence-electron chi connectivity index (χ1n) is 11.3. The van der Waals surface area contributed by atoms with Crippen molar-refractivity contribution in [2.45, 2.75) is 57.7 Å². The number of benzene rings is 1. The summed E-state index contributed by atoms with van der Waals surface area (Å²) in [5.41, 5.74) is 7.08. The molecule has 3 aliphatic heterocycles. The van der Waals surface area contributed by atoms with Gasteiger partial charge in [-0.2, -0.15) is 0 Å². The lowest BCUT2D eigenvalue weighted by Crippen LogP contribution is -2.58. The van der Waals surface area contributed by atoms with E-state index >= 15 is 0 Å². The maximum Gasteiger partial charge on any atom is 0.255 e. The quantitative estimate of drug-likeness (QED) is 0.645. The van der Waals surface area contributed by atoms with Crippen molar-refractivity contribution in [2.24, 2.45) is 11.7 Å². The molecule has 1 aromatic rings. The van der Waals surface area contributed by atoms with Crippen LogP contribution in [-0.4, -0.2) is 64.8 Å². The van der Waals surface area contributed by atoms with E-state index in [-0.39, 0.29) is 36.0 Å². The smallest absolute Gasteiger partial charge is 0.255 e. The van der Waals surface area contributed by atoms with Crippen LogP contribution in [0.5, 0.6) is 0 Å². The van der Waals surface area contributed by atoms with Crippen LogP contribution in [0.25, 0.3) is 0 Å². The third-order valence-corrected chi connectivity index (χ3v) is 7.05. The zero-order chi connectivity index (χ0) is 23.0. The van der Waals surface area contributed by atoms with Gasteiger partial charge in [0, 0.05) is 44.1 Å². The van der Waals surface area contributed by atoms with Crippen LogP contribution in [0.2, 0.25) is 0 Å². The van der Waals surface area contributed by atoms with Crippen molar-refractivity contribution in [2.75, 3.05) is 25.0 Å². The number of primary amides is 1. The molecule has 9 nitrogen and oxygen atoms in total. The fraction of sp³-hybridized carbons (Fsp3) is 0.565. The zero-order valence-corrected chi connectivity index (χ0v) is 18.6. The summed E-state index contributed by atoms with van der Waals surface area (Å²) in [4.78, 5) is 53.5. The van der Waals surface area contributed by atoms with E-state index < -0.39 is 11.7 Å². The van der Waals surface area contributed by atoms with Gasteiger partial charge in [0.1, 0.15) is 11.7 Å². The summed E-state index contributed by atoms with van der Waals surface area (Å²) in [6.45, 7) is 5.02. The molecule has 0 aliphatic carbocycles. The summed E-state index contributed by atoms with van der Waals surface area (Å²) in [5.74, 6) is -0.876. The minimum Gasteiger partial charge on any atom is -0.369 e. The van der Waals surface area contributed by atoms with Crippen molar-refractivity contribution in [1.29, 1.82) is 0 Å². The first-order chi connectivity index (χ1) is 15.2. The standard InChI is InChI=1S/C23H31N5O4/c1-14-3-4-17-18(13-14)25-23(26-21(17)31)8-5-19(29)28(12-9-23)15(2)22(32)27-10-6-16(7-11-27)20(24)30/h3-4,13,15-16,25H,5-12H2,1-2H3,(H2,24,30)(H,26,31)/t15-,23-/m0/s1. The Balaban J connectivity index is 1.44. The molecule has 0 aromatic heterocycles. The van der Waals surface area contributed by atoms with Gasteiger partial charge < -0.3 is 26.2 Å². The van der Waals surface area contributed by atoms with E-state index in [9.17, 15) is 19.2 Å². The Hall–Kier alpha value is -3.10. The number of rotatable bonds is 3. The fourth-order valence-electron chi connectivity index (χ4n) is 5.00. The SMILES string of the molecule is Cc1ccc2c(c1)N[C@@]1(CCC(=O)N([C@@H](C)C(=O)N3CCC(C(N)=O)CC3)CC1)NC2=O. The normalized spacial score (nSPS) is 24.9. The lowest BCUT2D eigenvalue weighted by molar-refractivity contribution is -0.146. The van der Waals surface area contributed by atoms with Gasteiger partial charge in [0.05, 0.1) is 5.56 Å². The monoisotopic (exact) mass is 441 g/mol. The number of carbonyl (C=O) groups is 4. The maximum absolute atomic E-state index is 13.1. The summed E-state index contributed by atoms with van der Waals surface area (Å²) >= 11 is 0. The van der Waals surface area contributed by atoms with Crippen LogP contribution in [0.15, 0.2) is 18.2 Å². The molecule has 4 rings (SSSR count). The molecule has 0 unspecified atom stereocenters. The second-order valence-electron chi connectivity index (χ2n) is 9.23. The summed E-state index contributed by atoms with van der Waals surface area (Å²) in [6, 6.07) is 5.05. The van der Waals surface area contributed by atoms with E-state index in [1.165, 1.54) is 0 Å². The Labute approximate surface area is 187 Å². The molecule has 3 aliphatic rings. The zero-order valence-electron chi connectivity index (χ0n) is 18.6. The van der Waals surface area contributed by atoms with Gasteiger partial charge >= 0.3 is 0 Å². The fourth-order valence-corrected chi connectivity index (χ4v) is 5.00. The number of anilines is 1. The van der Waals surface area contributed by atoms with Crippen LogP contribution in [0, 0.1) is 12.8 Å².